The van der Waals surface area contributed by atoms with Gasteiger partial charge in [-0.05, 0) is 75.8 Å². The van der Waals surface area contributed by atoms with Crippen LogP contribution in [0.3, 0.4) is 0 Å². The third kappa shape index (κ3) is 10.6. The molecule has 0 saturated carbocycles. The van der Waals surface area contributed by atoms with E-state index < -0.39 is 6.29 Å². The third-order valence-electron chi connectivity index (χ3n) is 11.3. The molecular weight excluding hydrogens is 737 g/mol. The van der Waals surface area contributed by atoms with Crippen molar-refractivity contribution in [3.05, 3.63) is 186 Å². The topological polar surface area (TPSA) is 95.5 Å². The molecule has 2 aliphatic heterocycles. The van der Waals surface area contributed by atoms with Crippen LogP contribution in [0.1, 0.15) is 47.1 Å². The maximum absolute atomic E-state index is 12.8. The van der Waals surface area contributed by atoms with Crippen molar-refractivity contribution in [3.8, 4) is 22.6 Å². The average molecular weight is 789 g/mol. The zero-order valence-electron chi connectivity index (χ0n) is 33.5. The predicted octanol–water partition coefficient (Wildman–Crippen LogP) is 9.57. The second-order valence-corrected chi connectivity index (χ2v) is 15.5. The normalized spacial score (nSPS) is 19.8. The van der Waals surface area contributed by atoms with Crippen LogP contribution in [-0.2, 0) is 29.2 Å². The number of hydrogen-bond donors (Lipinski definition) is 3. The first-order valence-corrected chi connectivity index (χ1v) is 20.5. The van der Waals surface area contributed by atoms with Crippen molar-refractivity contribution >= 4 is 11.7 Å². The van der Waals surface area contributed by atoms with E-state index in [4.69, 9.17) is 14.2 Å². The fourth-order valence-electron chi connectivity index (χ4n) is 7.84. The van der Waals surface area contributed by atoms with E-state index in [-0.39, 0.29) is 30.8 Å². The van der Waals surface area contributed by atoms with Gasteiger partial charge in [-0.25, -0.2) is 4.79 Å². The van der Waals surface area contributed by atoms with Crippen LogP contribution in [0.15, 0.2) is 158 Å². The Morgan fingerprint density at radius 2 is 1.31 bits per heavy atom. The van der Waals surface area contributed by atoms with Gasteiger partial charge in [0.2, 0.25) is 0 Å². The summed E-state index contributed by atoms with van der Waals surface area (Å²) in [6, 6.07) is 52.0. The van der Waals surface area contributed by atoms with Gasteiger partial charge in [-0.15, -0.1) is 0 Å². The number of amides is 2. The largest absolute Gasteiger partial charge is 0.457 e. The van der Waals surface area contributed by atoms with Gasteiger partial charge in [0.15, 0.2) is 6.29 Å². The zero-order valence-corrected chi connectivity index (χ0v) is 33.5. The Hall–Kier alpha value is -5.81. The summed E-state index contributed by atoms with van der Waals surface area (Å²) in [6.07, 6.45) is -0.736. The number of anilines is 1. The number of aliphatic hydroxyl groups is 1. The van der Waals surface area contributed by atoms with E-state index in [2.05, 4.69) is 106 Å². The molecule has 8 rings (SSSR count). The van der Waals surface area contributed by atoms with Gasteiger partial charge in [0.1, 0.15) is 11.5 Å². The summed E-state index contributed by atoms with van der Waals surface area (Å²) in [4.78, 5) is 17.8. The average Bonchev–Trinajstić information content (AvgIpc) is 3.28. The minimum absolute atomic E-state index is 0.00861. The first-order chi connectivity index (χ1) is 29.0. The Balaban J connectivity index is 0.890. The number of rotatable bonds is 13. The van der Waals surface area contributed by atoms with Gasteiger partial charge < -0.3 is 30.0 Å². The van der Waals surface area contributed by atoms with Gasteiger partial charge >= 0.3 is 6.03 Å². The van der Waals surface area contributed by atoms with Crippen LogP contribution in [0.25, 0.3) is 11.1 Å². The van der Waals surface area contributed by atoms with Gasteiger partial charge in [-0.3, -0.25) is 9.80 Å². The highest BCUT2D eigenvalue weighted by Gasteiger charge is 2.39. The van der Waals surface area contributed by atoms with E-state index in [9.17, 15) is 9.90 Å². The minimum atomic E-state index is -0.534. The van der Waals surface area contributed by atoms with Crippen LogP contribution in [-0.4, -0.2) is 59.8 Å². The highest BCUT2D eigenvalue weighted by molar-refractivity contribution is 5.89. The van der Waals surface area contributed by atoms with Crippen LogP contribution < -0.4 is 15.4 Å². The summed E-state index contributed by atoms with van der Waals surface area (Å²) in [5, 5.41) is 15.6. The van der Waals surface area contributed by atoms with Crippen molar-refractivity contribution in [1.82, 2.24) is 15.1 Å². The summed E-state index contributed by atoms with van der Waals surface area (Å²) in [5.74, 6) is 1.57. The highest BCUT2D eigenvalue weighted by atomic mass is 16.7. The molecule has 0 radical (unpaired) electrons. The number of hydrogen-bond acceptors (Lipinski definition) is 7. The van der Waals surface area contributed by atoms with Crippen molar-refractivity contribution in [1.29, 1.82) is 0 Å². The number of para-hydroxylation sites is 1. The number of urea groups is 1. The Kier molecular flexibility index (Phi) is 13.1. The first-order valence-electron chi connectivity index (χ1n) is 20.5. The molecule has 0 bridgehead atoms. The number of nitrogens with zero attached hydrogens (tertiary/aromatic N) is 2. The van der Waals surface area contributed by atoms with Crippen molar-refractivity contribution in [2.45, 2.75) is 45.1 Å². The van der Waals surface area contributed by atoms with Crippen molar-refractivity contribution in [2.75, 3.05) is 38.0 Å². The Bertz CT molecular complexity index is 2230. The summed E-state index contributed by atoms with van der Waals surface area (Å²) in [5.41, 5.74) is 8.05. The summed E-state index contributed by atoms with van der Waals surface area (Å²) in [7, 11) is 0. The summed E-state index contributed by atoms with van der Waals surface area (Å²) >= 11 is 0. The van der Waals surface area contributed by atoms with Gasteiger partial charge in [0.25, 0.3) is 0 Å². The standard InChI is InChI=1S/C50H52N4O5/c1-36-47(34-54-29-27-53(28-30-54)33-37-9-4-2-5-10-37)58-49(59-48(36)41-17-15-38(35-55)16-18-41)42-21-19-40(20-22-42)43-12-8-11-39(31-43)32-51-50(56)52-44-23-25-46(26-24-44)57-45-13-6-3-7-14-45/h2-26,31,36,47-49,55H,27-30,32-35H2,1H3,(H2,51,52,56)/t36-,47+,48+,49+/m0/s1. The van der Waals surface area contributed by atoms with Crippen LogP contribution in [0.2, 0.25) is 0 Å². The van der Waals surface area contributed by atoms with Gasteiger partial charge in [-0.1, -0.05) is 122 Å². The lowest BCUT2D eigenvalue weighted by Gasteiger charge is -2.44. The molecule has 9 nitrogen and oxygen atoms in total. The molecule has 2 heterocycles. The van der Waals surface area contributed by atoms with Crippen molar-refractivity contribution in [2.24, 2.45) is 5.92 Å². The molecular formula is C50H52N4O5. The van der Waals surface area contributed by atoms with Gasteiger partial charge in [-0.2, -0.15) is 0 Å². The number of benzene rings is 6. The van der Waals surface area contributed by atoms with Crippen molar-refractivity contribution in [3.63, 3.8) is 0 Å². The van der Waals surface area contributed by atoms with E-state index in [0.717, 1.165) is 78.4 Å². The van der Waals surface area contributed by atoms with E-state index in [1.165, 1.54) is 5.56 Å². The minimum Gasteiger partial charge on any atom is -0.457 e. The first kappa shape index (κ1) is 40.0. The Morgan fingerprint density at radius 3 is 2.02 bits per heavy atom. The molecule has 6 aromatic carbocycles. The second kappa shape index (κ2) is 19.3. The predicted molar refractivity (Wildman–Crippen MR) is 232 cm³/mol. The fourth-order valence-corrected chi connectivity index (χ4v) is 7.84. The number of carbonyl (C=O) groups excluding carboxylic acids is 1. The van der Waals surface area contributed by atoms with E-state index in [0.29, 0.717) is 18.0 Å². The molecule has 2 fully saturated rings. The van der Waals surface area contributed by atoms with Gasteiger partial charge in [0.05, 0.1) is 18.8 Å². The molecule has 2 aliphatic rings. The SMILES string of the molecule is C[C@H]1[C@@H](CN2CCN(Cc3ccccc3)CC2)O[C@@H](c2ccc(-c3cccc(CNC(=O)Nc4ccc(Oc5ccccc5)cc4)c3)cc2)O[C@H]1c1ccc(CO)cc1. The van der Waals surface area contributed by atoms with Crippen LogP contribution in [0.4, 0.5) is 10.5 Å². The zero-order chi connectivity index (χ0) is 40.4. The summed E-state index contributed by atoms with van der Waals surface area (Å²) in [6.45, 7) is 8.45. The number of carbonyl (C=O) groups is 1. The maximum Gasteiger partial charge on any atom is 0.319 e. The van der Waals surface area contributed by atoms with E-state index in [1.807, 2.05) is 78.9 Å². The summed E-state index contributed by atoms with van der Waals surface area (Å²) < 4.78 is 19.5. The second-order valence-electron chi connectivity index (χ2n) is 15.5. The lowest BCUT2D eigenvalue weighted by Crippen LogP contribution is -2.51. The van der Waals surface area contributed by atoms with Crippen LogP contribution >= 0.6 is 0 Å². The molecule has 3 N–H and O–H groups in total. The molecule has 6 aromatic rings. The lowest BCUT2D eigenvalue weighted by molar-refractivity contribution is -0.276. The van der Waals surface area contributed by atoms with Gasteiger partial charge in [0, 0.05) is 63.0 Å². The molecule has 2 amide bonds. The quantitative estimate of drug-likeness (QED) is 0.107. The van der Waals surface area contributed by atoms with Crippen LogP contribution in [0.5, 0.6) is 11.5 Å². The Labute approximate surface area is 347 Å². The third-order valence-corrected chi connectivity index (χ3v) is 11.3. The molecule has 0 spiro atoms. The molecule has 0 aliphatic carbocycles. The van der Waals surface area contributed by atoms with E-state index >= 15 is 0 Å². The molecule has 0 unspecified atom stereocenters. The monoisotopic (exact) mass is 788 g/mol. The molecule has 2 saturated heterocycles. The molecule has 4 atom stereocenters. The highest BCUT2D eigenvalue weighted by Crippen LogP contribution is 2.42. The maximum atomic E-state index is 12.8. The molecule has 59 heavy (non-hydrogen) atoms. The molecule has 302 valence electrons. The van der Waals surface area contributed by atoms with Crippen LogP contribution in [0, 0.1) is 5.92 Å². The smallest absolute Gasteiger partial charge is 0.319 e. The Morgan fingerprint density at radius 1 is 0.661 bits per heavy atom. The fraction of sp³-hybridized carbons (Fsp3) is 0.260. The van der Waals surface area contributed by atoms with Crippen molar-refractivity contribution < 1.29 is 24.1 Å². The number of ether oxygens (including phenoxy) is 3. The number of aliphatic hydroxyl groups excluding tert-OH is 1. The number of piperazine rings is 1. The molecule has 9 heteroatoms. The number of nitrogens with one attached hydrogen (secondary N) is 2. The van der Waals surface area contributed by atoms with E-state index in [1.54, 1.807) is 0 Å². The molecule has 0 aromatic heterocycles. The lowest BCUT2D eigenvalue weighted by atomic mass is 9.89.